The number of hydrogen-bond acceptors (Lipinski definition) is 6. The zero-order valence-corrected chi connectivity index (χ0v) is 17.8. The average molecular weight is 434 g/mol. The van der Waals surface area contributed by atoms with Gasteiger partial charge in [0.15, 0.2) is 0 Å². The Morgan fingerprint density at radius 1 is 1.12 bits per heavy atom. The Bertz CT molecular complexity index is 1080. The normalized spacial score (nSPS) is 19.8. The Morgan fingerprint density at radius 2 is 1.81 bits per heavy atom. The van der Waals surface area contributed by atoms with Gasteiger partial charge in [0.05, 0.1) is 19.8 Å². The van der Waals surface area contributed by atoms with Gasteiger partial charge < -0.3 is 29.4 Å². The van der Waals surface area contributed by atoms with Crippen LogP contribution in [0.5, 0.6) is 5.75 Å². The summed E-state index contributed by atoms with van der Waals surface area (Å²) in [6, 6.07) is 15.0. The fraction of sp³-hybridized carbons (Fsp3) is 0.320. The maximum Gasteiger partial charge on any atom is 0.150 e. The molecule has 1 aromatic heterocycles. The molecule has 1 saturated heterocycles. The van der Waals surface area contributed by atoms with Crippen LogP contribution in [0, 0.1) is 11.8 Å². The zero-order valence-electron chi connectivity index (χ0n) is 17.8. The molecule has 166 valence electrons. The van der Waals surface area contributed by atoms with Gasteiger partial charge in [0.1, 0.15) is 35.9 Å². The smallest absolute Gasteiger partial charge is 0.150 e. The fourth-order valence-electron chi connectivity index (χ4n) is 3.56. The van der Waals surface area contributed by atoms with Crippen molar-refractivity contribution in [2.45, 2.75) is 31.3 Å². The van der Waals surface area contributed by atoms with Crippen molar-refractivity contribution in [3.05, 3.63) is 72.3 Å². The van der Waals surface area contributed by atoms with Crippen molar-refractivity contribution in [3.8, 4) is 28.7 Å². The van der Waals surface area contributed by atoms with E-state index in [0.717, 1.165) is 16.7 Å². The molecule has 7 nitrogen and oxygen atoms in total. The minimum atomic E-state index is -0.742. The van der Waals surface area contributed by atoms with Crippen LogP contribution >= 0.6 is 0 Å². The van der Waals surface area contributed by atoms with Crippen LogP contribution in [0.2, 0.25) is 0 Å². The number of ether oxygens (including phenoxy) is 2. The quantitative estimate of drug-likeness (QED) is 0.516. The minimum Gasteiger partial charge on any atom is -0.485 e. The summed E-state index contributed by atoms with van der Waals surface area (Å²) in [5.41, 5.74) is 2.89. The van der Waals surface area contributed by atoms with Gasteiger partial charge in [-0.05, 0) is 42.3 Å². The number of hydrogen-bond donors (Lipinski definition) is 3. The maximum absolute atomic E-state index is 9.82. The Kier molecular flexibility index (Phi) is 6.88. The van der Waals surface area contributed by atoms with Crippen LogP contribution in [0.15, 0.2) is 60.9 Å². The topological polar surface area (TPSA) is 97.0 Å². The van der Waals surface area contributed by atoms with Gasteiger partial charge in [-0.1, -0.05) is 36.1 Å². The number of imidazole rings is 1. The summed E-state index contributed by atoms with van der Waals surface area (Å²) in [5, 5.41) is 29.4. The largest absolute Gasteiger partial charge is 0.485 e. The van der Waals surface area contributed by atoms with Crippen molar-refractivity contribution in [2.24, 2.45) is 0 Å². The molecule has 1 aliphatic rings. The second-order valence-electron chi connectivity index (χ2n) is 7.70. The van der Waals surface area contributed by atoms with E-state index in [-0.39, 0.29) is 12.7 Å². The molecule has 4 rings (SSSR count). The molecule has 2 unspecified atom stereocenters. The van der Waals surface area contributed by atoms with E-state index in [1.807, 2.05) is 48.5 Å². The third-order valence-corrected chi connectivity index (χ3v) is 5.32. The van der Waals surface area contributed by atoms with Gasteiger partial charge >= 0.3 is 0 Å². The first-order chi connectivity index (χ1) is 15.5. The standard InChI is InChI=1S/C25H26N2O5/c1-17(29)25-26-12-13-27(25)21(14-28)9-4-18-2-5-19(6-3-18)20-7-10-22(11-8-20)32-24-16-31-15-23(24)30/h2-3,5-8,10-13,17,21,23-24,28-30H,14-16H2,1H3/t17?,21?,23-,24-/m1/s1. The van der Waals surface area contributed by atoms with Crippen molar-refractivity contribution in [3.63, 3.8) is 0 Å². The second-order valence-corrected chi connectivity index (χ2v) is 7.70. The number of benzene rings is 2. The lowest BCUT2D eigenvalue weighted by molar-refractivity contribution is 0.0733. The summed E-state index contributed by atoms with van der Waals surface area (Å²) in [6.07, 6.45) is 1.62. The first-order valence-electron chi connectivity index (χ1n) is 10.5. The van der Waals surface area contributed by atoms with Crippen LogP contribution in [0.3, 0.4) is 0 Å². The molecule has 3 aromatic rings. The number of aliphatic hydroxyl groups excluding tert-OH is 3. The lowest BCUT2D eigenvalue weighted by Crippen LogP contribution is -2.29. The molecule has 3 N–H and O–H groups in total. The van der Waals surface area contributed by atoms with Crippen molar-refractivity contribution in [1.82, 2.24) is 9.55 Å². The summed E-state index contributed by atoms with van der Waals surface area (Å²) in [4.78, 5) is 4.13. The molecule has 32 heavy (non-hydrogen) atoms. The van der Waals surface area contributed by atoms with E-state index in [4.69, 9.17) is 9.47 Å². The summed E-state index contributed by atoms with van der Waals surface area (Å²) < 4.78 is 12.7. The molecule has 2 aromatic carbocycles. The van der Waals surface area contributed by atoms with Gasteiger partial charge in [0.2, 0.25) is 0 Å². The number of aromatic nitrogens is 2. The Morgan fingerprint density at radius 3 is 2.41 bits per heavy atom. The monoisotopic (exact) mass is 434 g/mol. The predicted molar refractivity (Wildman–Crippen MR) is 119 cm³/mol. The van der Waals surface area contributed by atoms with Crippen LogP contribution < -0.4 is 4.74 Å². The molecule has 0 radical (unpaired) electrons. The number of nitrogens with zero attached hydrogens (tertiary/aromatic N) is 2. The summed E-state index contributed by atoms with van der Waals surface area (Å²) in [7, 11) is 0. The molecule has 1 fully saturated rings. The summed E-state index contributed by atoms with van der Waals surface area (Å²) in [5.74, 6) is 7.30. The molecular weight excluding hydrogens is 408 g/mol. The number of rotatable bonds is 6. The van der Waals surface area contributed by atoms with E-state index in [1.54, 1.807) is 23.9 Å². The lowest BCUT2D eigenvalue weighted by Gasteiger charge is -2.15. The van der Waals surface area contributed by atoms with Crippen LogP contribution in [0.1, 0.15) is 30.5 Å². The summed E-state index contributed by atoms with van der Waals surface area (Å²) in [6.45, 7) is 2.15. The van der Waals surface area contributed by atoms with E-state index in [2.05, 4.69) is 16.8 Å². The highest BCUT2D eigenvalue weighted by molar-refractivity contribution is 5.65. The first-order valence-corrected chi connectivity index (χ1v) is 10.5. The predicted octanol–water partition coefficient (Wildman–Crippen LogP) is 2.33. The van der Waals surface area contributed by atoms with Crippen LogP contribution in [-0.4, -0.2) is 56.9 Å². The van der Waals surface area contributed by atoms with Crippen molar-refractivity contribution < 1.29 is 24.8 Å². The lowest BCUT2D eigenvalue weighted by atomic mass is 10.0. The van der Waals surface area contributed by atoms with Gasteiger partial charge in [0, 0.05) is 18.0 Å². The molecule has 2 heterocycles. The highest BCUT2D eigenvalue weighted by Crippen LogP contribution is 2.24. The van der Waals surface area contributed by atoms with Gasteiger partial charge in [-0.2, -0.15) is 0 Å². The zero-order chi connectivity index (χ0) is 22.5. The van der Waals surface area contributed by atoms with E-state index in [0.29, 0.717) is 24.8 Å². The second kappa shape index (κ2) is 9.98. The third-order valence-electron chi connectivity index (χ3n) is 5.32. The van der Waals surface area contributed by atoms with E-state index in [1.165, 1.54) is 0 Å². The molecule has 1 aliphatic heterocycles. The Hall–Kier alpha value is -3.15. The average Bonchev–Trinajstić information content (AvgIpc) is 3.45. The van der Waals surface area contributed by atoms with Gasteiger partial charge in [-0.25, -0.2) is 4.98 Å². The fourth-order valence-corrected chi connectivity index (χ4v) is 3.56. The molecule has 0 spiro atoms. The minimum absolute atomic E-state index is 0.181. The van der Waals surface area contributed by atoms with E-state index < -0.39 is 18.2 Å². The molecule has 4 atom stereocenters. The van der Waals surface area contributed by atoms with Crippen LogP contribution in [-0.2, 0) is 4.74 Å². The molecule has 0 aliphatic carbocycles. The highest BCUT2D eigenvalue weighted by atomic mass is 16.6. The third kappa shape index (κ3) is 5.01. The highest BCUT2D eigenvalue weighted by Gasteiger charge is 2.27. The van der Waals surface area contributed by atoms with Gasteiger partial charge in [-0.3, -0.25) is 0 Å². The van der Waals surface area contributed by atoms with Crippen molar-refractivity contribution in [1.29, 1.82) is 0 Å². The van der Waals surface area contributed by atoms with E-state index in [9.17, 15) is 15.3 Å². The van der Waals surface area contributed by atoms with Crippen molar-refractivity contribution in [2.75, 3.05) is 19.8 Å². The molecule has 7 heteroatoms. The molecule has 0 saturated carbocycles. The summed E-state index contributed by atoms with van der Waals surface area (Å²) >= 11 is 0. The van der Waals surface area contributed by atoms with Gasteiger partial charge in [0.25, 0.3) is 0 Å². The molecular formula is C25H26N2O5. The van der Waals surface area contributed by atoms with Gasteiger partial charge in [-0.15, -0.1) is 0 Å². The molecule has 0 amide bonds. The molecule has 0 bridgehead atoms. The first kappa shape index (κ1) is 22.1. The SMILES string of the molecule is CC(O)c1nccn1C(C#Cc1ccc(-c2ccc(O[C@@H]3COC[C@H]3O)cc2)cc1)CO. The van der Waals surface area contributed by atoms with E-state index >= 15 is 0 Å². The van der Waals surface area contributed by atoms with Crippen LogP contribution in [0.4, 0.5) is 0 Å². The Balaban J connectivity index is 1.44. The van der Waals surface area contributed by atoms with Crippen LogP contribution in [0.25, 0.3) is 11.1 Å². The Labute approximate surface area is 186 Å². The maximum atomic E-state index is 9.82. The number of aliphatic hydroxyl groups is 3. The van der Waals surface area contributed by atoms with Crippen molar-refractivity contribution >= 4 is 0 Å².